The van der Waals surface area contributed by atoms with Crippen LogP contribution in [0, 0.1) is 0 Å². The fourth-order valence-corrected chi connectivity index (χ4v) is 7.14. The molecule has 0 N–H and O–H groups in total. The maximum atomic E-state index is 12.8. The second kappa shape index (κ2) is 57.4. The van der Waals surface area contributed by atoms with Gasteiger partial charge in [0.15, 0.2) is 6.10 Å². The van der Waals surface area contributed by atoms with E-state index in [9.17, 15) is 9.59 Å². The minimum atomic E-state index is -0.624. The summed E-state index contributed by atoms with van der Waals surface area (Å²) in [7, 11) is 0. The van der Waals surface area contributed by atoms with Crippen molar-refractivity contribution in [1.29, 1.82) is 0 Å². The van der Waals surface area contributed by atoms with Crippen molar-refractivity contribution in [3.8, 4) is 0 Å². The Kier molecular flexibility index (Phi) is 54.0. The molecule has 68 heavy (non-hydrogen) atoms. The van der Waals surface area contributed by atoms with Gasteiger partial charge >= 0.3 is 11.9 Å². The SMILES string of the molecule is CC/C=C\C/C=C\C/C=C\C/C=C\C/C=C\CCCC(=O)OCC(COCCCCCCCCCCCC/C=C\CCCCCCCC)OC(=O)C/C=C\C/C=C\C/C=C\C/C=C\C/C=C\CC. The molecule has 5 heteroatoms. The van der Waals surface area contributed by atoms with Gasteiger partial charge in [-0.15, -0.1) is 0 Å². The van der Waals surface area contributed by atoms with E-state index in [1.165, 1.54) is 103 Å². The summed E-state index contributed by atoms with van der Waals surface area (Å²) >= 11 is 0. The zero-order valence-corrected chi connectivity index (χ0v) is 44.1. The van der Waals surface area contributed by atoms with Crippen LogP contribution in [0.2, 0.25) is 0 Å². The van der Waals surface area contributed by atoms with Gasteiger partial charge in [0, 0.05) is 13.0 Å². The Morgan fingerprint density at radius 2 is 0.706 bits per heavy atom. The molecule has 0 aliphatic carbocycles. The number of rotatable bonds is 49. The molecule has 5 nitrogen and oxygen atoms in total. The Balaban J connectivity index is 4.46. The van der Waals surface area contributed by atoms with E-state index in [0.717, 1.165) is 83.5 Å². The minimum Gasteiger partial charge on any atom is -0.462 e. The van der Waals surface area contributed by atoms with Gasteiger partial charge in [-0.25, -0.2) is 0 Å². The average Bonchev–Trinajstić information content (AvgIpc) is 3.34. The van der Waals surface area contributed by atoms with E-state index in [0.29, 0.717) is 19.4 Å². The highest BCUT2D eigenvalue weighted by Gasteiger charge is 2.17. The van der Waals surface area contributed by atoms with E-state index >= 15 is 0 Å². The number of ether oxygens (including phenoxy) is 3. The zero-order chi connectivity index (χ0) is 49.2. The Labute approximate surface area is 419 Å². The lowest BCUT2D eigenvalue weighted by Crippen LogP contribution is -2.29. The Morgan fingerprint density at radius 3 is 1.15 bits per heavy atom. The first kappa shape index (κ1) is 64.0. The predicted molar refractivity (Wildman–Crippen MR) is 297 cm³/mol. The monoisotopic (exact) mass is 939 g/mol. The number of hydrogen-bond acceptors (Lipinski definition) is 5. The molecule has 0 spiro atoms. The van der Waals surface area contributed by atoms with Crippen LogP contribution in [0.5, 0.6) is 0 Å². The maximum absolute atomic E-state index is 12.8. The predicted octanol–water partition coefficient (Wildman–Crippen LogP) is 19.1. The van der Waals surface area contributed by atoms with E-state index in [-0.39, 0.29) is 31.6 Å². The molecule has 0 aliphatic rings. The van der Waals surface area contributed by atoms with E-state index in [1.807, 2.05) is 12.2 Å². The molecule has 384 valence electrons. The third-order valence-electron chi connectivity index (χ3n) is 11.2. The van der Waals surface area contributed by atoms with Gasteiger partial charge in [0.2, 0.25) is 0 Å². The molecule has 0 rings (SSSR count). The highest BCUT2D eigenvalue weighted by atomic mass is 16.6. The fraction of sp³-hybridized carbons (Fsp3) is 0.619. The van der Waals surface area contributed by atoms with Gasteiger partial charge in [-0.3, -0.25) is 9.59 Å². The number of unbranched alkanes of at least 4 members (excludes halogenated alkanes) is 17. The largest absolute Gasteiger partial charge is 0.462 e. The topological polar surface area (TPSA) is 61.8 Å². The van der Waals surface area contributed by atoms with Gasteiger partial charge in [0.25, 0.3) is 0 Å². The highest BCUT2D eigenvalue weighted by Crippen LogP contribution is 2.13. The van der Waals surface area contributed by atoms with Crippen molar-refractivity contribution in [2.75, 3.05) is 19.8 Å². The number of carbonyl (C=O) groups is 2. The Bertz CT molecular complexity index is 1430. The molecule has 0 bridgehead atoms. The lowest BCUT2D eigenvalue weighted by atomic mass is 10.1. The first-order chi connectivity index (χ1) is 33.6. The highest BCUT2D eigenvalue weighted by molar-refractivity contribution is 5.71. The van der Waals surface area contributed by atoms with Gasteiger partial charge in [-0.1, -0.05) is 238 Å². The van der Waals surface area contributed by atoms with Crippen LogP contribution < -0.4 is 0 Å². The molecular formula is C63H102O5. The minimum absolute atomic E-state index is 0.00780. The first-order valence-corrected chi connectivity index (χ1v) is 27.7. The van der Waals surface area contributed by atoms with E-state index in [1.54, 1.807) is 0 Å². The summed E-state index contributed by atoms with van der Waals surface area (Å²) in [4.78, 5) is 25.4. The Hall–Kier alpha value is -3.96. The van der Waals surface area contributed by atoms with Crippen LogP contribution in [0.3, 0.4) is 0 Å². The molecule has 1 atom stereocenters. The second-order valence-electron chi connectivity index (χ2n) is 17.7. The third kappa shape index (κ3) is 54.6. The van der Waals surface area contributed by atoms with Crippen molar-refractivity contribution in [2.45, 2.75) is 232 Å². The second-order valence-corrected chi connectivity index (χ2v) is 17.7. The molecule has 1 unspecified atom stereocenters. The summed E-state index contributed by atoms with van der Waals surface area (Å²) in [6, 6.07) is 0. The summed E-state index contributed by atoms with van der Waals surface area (Å²) in [6.07, 6.45) is 82.2. The van der Waals surface area contributed by atoms with Gasteiger partial charge in [0.1, 0.15) is 6.61 Å². The normalized spacial score (nSPS) is 13.3. The van der Waals surface area contributed by atoms with Crippen molar-refractivity contribution < 1.29 is 23.8 Å². The standard InChI is InChI=1S/C63H102O5/c1-4-7-10-13-16-19-22-25-28-30-31-32-34-37-40-43-46-49-52-55-58-66-59-61(68-63(65)57-54-51-48-45-42-39-35-27-24-21-18-15-12-9-6-3)60-67-62(64)56-53-50-47-44-41-38-36-33-29-26-23-20-17-14-11-8-5-2/h8-9,11-12,17-18,20-21,25-29,35-36,38,42,44-45,47,51,54,61H,4-7,10,13-16,19,22-24,30-34,37,39-41,43,46,48-50,52-53,55-60H2,1-3H3/b11-8-,12-9-,20-17-,21-18-,28-25-,29-26-,35-27-,38-36-,45-42-,47-44-,54-51-. The third-order valence-corrected chi connectivity index (χ3v) is 11.2. The molecule has 0 saturated heterocycles. The first-order valence-electron chi connectivity index (χ1n) is 27.7. The average molecular weight is 940 g/mol. The van der Waals surface area contributed by atoms with E-state index in [2.05, 4.69) is 142 Å². The van der Waals surface area contributed by atoms with Crippen LogP contribution in [0.1, 0.15) is 226 Å². The smallest absolute Gasteiger partial charge is 0.310 e. The van der Waals surface area contributed by atoms with E-state index in [4.69, 9.17) is 14.2 Å². The van der Waals surface area contributed by atoms with Crippen molar-refractivity contribution in [1.82, 2.24) is 0 Å². The zero-order valence-electron chi connectivity index (χ0n) is 44.1. The molecule has 0 aromatic rings. The Morgan fingerprint density at radius 1 is 0.353 bits per heavy atom. The molecule has 0 saturated carbocycles. The summed E-state index contributed by atoms with van der Waals surface area (Å²) < 4.78 is 17.3. The van der Waals surface area contributed by atoms with Crippen LogP contribution in [0.4, 0.5) is 0 Å². The van der Waals surface area contributed by atoms with Crippen molar-refractivity contribution in [2.24, 2.45) is 0 Å². The van der Waals surface area contributed by atoms with Gasteiger partial charge in [0.05, 0.1) is 13.0 Å². The quantitative estimate of drug-likeness (QED) is 0.0345. The molecule has 0 aliphatic heterocycles. The van der Waals surface area contributed by atoms with Crippen molar-refractivity contribution >= 4 is 11.9 Å². The molecule has 0 aromatic heterocycles. The number of esters is 2. The lowest BCUT2D eigenvalue weighted by molar-refractivity contribution is -0.162. The van der Waals surface area contributed by atoms with Crippen LogP contribution >= 0.6 is 0 Å². The van der Waals surface area contributed by atoms with Crippen molar-refractivity contribution in [3.05, 3.63) is 134 Å². The van der Waals surface area contributed by atoms with Crippen LogP contribution in [-0.2, 0) is 23.8 Å². The van der Waals surface area contributed by atoms with Crippen LogP contribution in [-0.4, -0.2) is 37.9 Å². The molecule has 0 fully saturated rings. The molecular weight excluding hydrogens is 837 g/mol. The lowest BCUT2D eigenvalue weighted by Gasteiger charge is -2.18. The number of allylic oxidation sites excluding steroid dienone is 21. The van der Waals surface area contributed by atoms with Crippen molar-refractivity contribution in [3.63, 3.8) is 0 Å². The number of hydrogen-bond donors (Lipinski definition) is 0. The summed E-state index contributed by atoms with van der Waals surface area (Å²) in [6.45, 7) is 7.42. The molecule has 0 amide bonds. The molecule has 0 heterocycles. The van der Waals surface area contributed by atoms with Gasteiger partial charge < -0.3 is 14.2 Å². The molecule has 0 radical (unpaired) electrons. The van der Waals surface area contributed by atoms with E-state index < -0.39 is 6.10 Å². The van der Waals surface area contributed by atoms with Crippen LogP contribution in [0.25, 0.3) is 0 Å². The maximum Gasteiger partial charge on any atom is 0.310 e. The van der Waals surface area contributed by atoms with Gasteiger partial charge in [-0.2, -0.15) is 0 Å². The summed E-state index contributed by atoms with van der Waals surface area (Å²) in [5, 5.41) is 0. The van der Waals surface area contributed by atoms with Crippen LogP contribution in [0.15, 0.2) is 134 Å². The fourth-order valence-electron chi connectivity index (χ4n) is 7.14. The van der Waals surface area contributed by atoms with Gasteiger partial charge in [-0.05, 0) is 109 Å². The molecule has 0 aromatic carbocycles. The summed E-state index contributed by atoms with van der Waals surface area (Å²) in [5.74, 6) is -0.618. The summed E-state index contributed by atoms with van der Waals surface area (Å²) in [5.41, 5.74) is 0. The number of carbonyl (C=O) groups excluding carboxylic acids is 2.